The van der Waals surface area contributed by atoms with Crippen LogP contribution in [0.1, 0.15) is 60.3 Å². The van der Waals surface area contributed by atoms with Crippen LogP contribution in [0.4, 0.5) is 0 Å². The van der Waals surface area contributed by atoms with Crippen molar-refractivity contribution in [3.05, 3.63) is 0 Å². The van der Waals surface area contributed by atoms with E-state index in [-0.39, 0.29) is 5.91 Å². The number of nitrogens with one attached hydrogen (secondary N) is 2. The van der Waals surface area contributed by atoms with Crippen LogP contribution in [-0.4, -0.2) is 25.5 Å². The Balaban J connectivity index is 3.24. The van der Waals surface area contributed by atoms with Crippen molar-refractivity contribution in [3.8, 4) is 0 Å². The van der Waals surface area contributed by atoms with Gasteiger partial charge in [-0.3, -0.25) is 4.79 Å². The predicted octanol–water partition coefficient (Wildman–Crippen LogP) is 2.95. The van der Waals surface area contributed by atoms with E-state index >= 15 is 0 Å². The smallest absolute Gasteiger partial charge is 0.220 e. The lowest BCUT2D eigenvalue weighted by molar-refractivity contribution is -0.121. The van der Waals surface area contributed by atoms with E-state index in [9.17, 15) is 4.79 Å². The van der Waals surface area contributed by atoms with Gasteiger partial charge >= 0.3 is 0 Å². The normalized spacial score (nSPS) is 11.9. The Morgan fingerprint density at radius 3 is 2.22 bits per heavy atom. The number of amides is 1. The summed E-state index contributed by atoms with van der Waals surface area (Å²) < 4.78 is 0. The van der Waals surface area contributed by atoms with Gasteiger partial charge in [0, 0.05) is 13.0 Å². The second kappa shape index (κ2) is 9.37. The van der Waals surface area contributed by atoms with Crippen molar-refractivity contribution >= 4 is 5.91 Å². The summed E-state index contributed by atoms with van der Waals surface area (Å²) in [5, 5.41) is 6.43. The minimum atomic E-state index is 0.191. The van der Waals surface area contributed by atoms with Crippen LogP contribution in [-0.2, 0) is 4.79 Å². The van der Waals surface area contributed by atoms with E-state index in [2.05, 4.69) is 45.3 Å². The molecule has 2 N–H and O–H groups in total. The van der Waals surface area contributed by atoms with Gasteiger partial charge in [-0.2, -0.15) is 0 Å². The second-order valence-corrected chi connectivity index (χ2v) is 6.75. The molecule has 0 unspecified atom stereocenters. The Bertz CT molecular complexity index is 219. The molecule has 1 amide bonds. The first kappa shape index (κ1) is 17.4. The van der Waals surface area contributed by atoms with Gasteiger partial charge in [-0.05, 0) is 37.3 Å². The van der Waals surface area contributed by atoms with Gasteiger partial charge in [0.05, 0.1) is 0 Å². The van der Waals surface area contributed by atoms with Crippen LogP contribution in [0.25, 0.3) is 0 Å². The van der Waals surface area contributed by atoms with Crippen LogP contribution in [0.3, 0.4) is 0 Å². The van der Waals surface area contributed by atoms with Crippen molar-refractivity contribution in [2.45, 2.75) is 60.3 Å². The van der Waals surface area contributed by atoms with Gasteiger partial charge in [0.25, 0.3) is 0 Å². The summed E-state index contributed by atoms with van der Waals surface area (Å²) in [5.41, 5.74) is 0.366. The molecule has 0 saturated carbocycles. The third kappa shape index (κ3) is 13.5. The molecule has 0 aromatic carbocycles. The fraction of sp³-hybridized carbons (Fsp3) is 0.933. The molecule has 0 aromatic heterocycles. The molecule has 0 aromatic rings. The molecule has 18 heavy (non-hydrogen) atoms. The molecule has 0 rings (SSSR count). The Morgan fingerprint density at radius 2 is 1.67 bits per heavy atom. The molecule has 0 atom stereocenters. The highest BCUT2D eigenvalue weighted by Crippen LogP contribution is 2.10. The number of unbranched alkanes of at least 4 members (excludes halogenated alkanes) is 2. The average molecular weight is 256 g/mol. The Hall–Kier alpha value is -0.570. The van der Waals surface area contributed by atoms with Gasteiger partial charge in [-0.15, -0.1) is 0 Å². The maximum absolute atomic E-state index is 11.4. The molecular formula is C15H32N2O. The molecule has 0 radical (unpaired) electrons. The minimum absolute atomic E-state index is 0.191. The van der Waals surface area contributed by atoms with Gasteiger partial charge in [-0.1, -0.05) is 41.0 Å². The summed E-state index contributed by atoms with van der Waals surface area (Å²) in [6.07, 6.45) is 4.10. The van der Waals surface area contributed by atoms with Gasteiger partial charge < -0.3 is 10.6 Å². The Morgan fingerprint density at radius 1 is 1.06 bits per heavy atom. The zero-order chi connectivity index (χ0) is 14.0. The van der Waals surface area contributed by atoms with E-state index in [1.54, 1.807) is 0 Å². The number of hydrogen-bond donors (Lipinski definition) is 2. The maximum Gasteiger partial charge on any atom is 0.220 e. The number of rotatable bonds is 9. The molecule has 0 spiro atoms. The van der Waals surface area contributed by atoms with Crippen LogP contribution >= 0.6 is 0 Å². The fourth-order valence-electron chi connectivity index (χ4n) is 1.69. The molecular weight excluding hydrogens is 224 g/mol. The highest BCUT2D eigenvalue weighted by atomic mass is 16.1. The standard InChI is InChI=1S/C15H32N2O/c1-13(2)11-14(18)17-10-8-6-7-9-16-12-15(3,4)5/h13,16H,6-12H2,1-5H3,(H,17,18). The molecule has 108 valence electrons. The van der Waals surface area contributed by atoms with E-state index < -0.39 is 0 Å². The summed E-state index contributed by atoms with van der Waals surface area (Å²) in [5.74, 6) is 0.641. The topological polar surface area (TPSA) is 41.1 Å². The van der Waals surface area contributed by atoms with Gasteiger partial charge in [0.1, 0.15) is 0 Å². The Labute approximate surface area is 113 Å². The molecule has 0 aliphatic carbocycles. The second-order valence-electron chi connectivity index (χ2n) is 6.75. The molecule has 0 heterocycles. The quantitative estimate of drug-likeness (QED) is 0.623. The van der Waals surface area contributed by atoms with E-state index in [1.165, 1.54) is 12.8 Å². The zero-order valence-electron chi connectivity index (χ0n) is 12.9. The van der Waals surface area contributed by atoms with Crippen LogP contribution in [0.15, 0.2) is 0 Å². The van der Waals surface area contributed by atoms with Crippen molar-refractivity contribution in [3.63, 3.8) is 0 Å². The van der Waals surface area contributed by atoms with Crippen molar-refractivity contribution in [1.29, 1.82) is 0 Å². The van der Waals surface area contributed by atoms with E-state index in [0.29, 0.717) is 17.8 Å². The van der Waals surface area contributed by atoms with Crippen LogP contribution in [0.5, 0.6) is 0 Å². The lowest BCUT2D eigenvalue weighted by atomic mass is 9.97. The molecule has 3 nitrogen and oxygen atoms in total. The van der Waals surface area contributed by atoms with Crippen LogP contribution < -0.4 is 10.6 Å². The fourth-order valence-corrected chi connectivity index (χ4v) is 1.69. The highest BCUT2D eigenvalue weighted by Gasteiger charge is 2.08. The lowest BCUT2D eigenvalue weighted by Crippen LogP contribution is -2.28. The first-order valence-electron chi connectivity index (χ1n) is 7.28. The zero-order valence-corrected chi connectivity index (χ0v) is 12.9. The first-order chi connectivity index (χ1) is 8.31. The van der Waals surface area contributed by atoms with Crippen LogP contribution in [0.2, 0.25) is 0 Å². The van der Waals surface area contributed by atoms with E-state index in [0.717, 1.165) is 26.1 Å². The van der Waals surface area contributed by atoms with Gasteiger partial charge in [0.15, 0.2) is 0 Å². The SMILES string of the molecule is CC(C)CC(=O)NCCCCCNCC(C)(C)C. The number of carbonyl (C=O) groups excluding carboxylic acids is 1. The van der Waals surface area contributed by atoms with Gasteiger partial charge in [0.2, 0.25) is 5.91 Å². The maximum atomic E-state index is 11.4. The third-order valence-electron chi connectivity index (χ3n) is 2.60. The predicted molar refractivity (Wildman–Crippen MR) is 78.6 cm³/mol. The van der Waals surface area contributed by atoms with E-state index in [4.69, 9.17) is 0 Å². The van der Waals surface area contributed by atoms with E-state index in [1.807, 2.05) is 0 Å². The molecule has 0 aliphatic heterocycles. The summed E-state index contributed by atoms with van der Waals surface area (Å²) in [4.78, 5) is 11.4. The summed E-state index contributed by atoms with van der Waals surface area (Å²) in [6.45, 7) is 13.8. The van der Waals surface area contributed by atoms with Crippen LogP contribution in [0, 0.1) is 11.3 Å². The van der Waals surface area contributed by atoms with Gasteiger partial charge in [-0.25, -0.2) is 0 Å². The summed E-state index contributed by atoms with van der Waals surface area (Å²) in [6, 6.07) is 0. The molecule has 0 saturated heterocycles. The average Bonchev–Trinajstić information content (AvgIpc) is 2.19. The summed E-state index contributed by atoms with van der Waals surface area (Å²) >= 11 is 0. The monoisotopic (exact) mass is 256 g/mol. The van der Waals surface area contributed by atoms with Crippen molar-refractivity contribution < 1.29 is 4.79 Å². The Kier molecular flexibility index (Phi) is 9.08. The molecule has 0 aliphatic rings. The van der Waals surface area contributed by atoms with Crippen molar-refractivity contribution in [2.75, 3.05) is 19.6 Å². The highest BCUT2D eigenvalue weighted by molar-refractivity contribution is 5.75. The third-order valence-corrected chi connectivity index (χ3v) is 2.60. The van der Waals surface area contributed by atoms with Crippen molar-refractivity contribution in [2.24, 2.45) is 11.3 Å². The number of hydrogen-bond acceptors (Lipinski definition) is 2. The number of carbonyl (C=O) groups is 1. The van der Waals surface area contributed by atoms with Crippen molar-refractivity contribution in [1.82, 2.24) is 10.6 Å². The first-order valence-corrected chi connectivity index (χ1v) is 7.28. The molecule has 0 bridgehead atoms. The summed E-state index contributed by atoms with van der Waals surface area (Å²) in [7, 11) is 0. The molecule has 0 fully saturated rings. The largest absolute Gasteiger partial charge is 0.356 e. The molecule has 3 heteroatoms. The lowest BCUT2D eigenvalue weighted by Gasteiger charge is -2.18. The minimum Gasteiger partial charge on any atom is -0.356 e.